The van der Waals surface area contributed by atoms with Crippen LogP contribution in [-0.4, -0.2) is 56.3 Å². The summed E-state index contributed by atoms with van der Waals surface area (Å²) in [6, 6.07) is 0. The van der Waals surface area contributed by atoms with Gasteiger partial charge in [-0.15, -0.1) is 0 Å². The topological polar surface area (TPSA) is 124 Å². The summed E-state index contributed by atoms with van der Waals surface area (Å²) in [5.74, 6) is -3.68. The molecule has 0 amide bonds. The highest BCUT2D eigenvalue weighted by Gasteiger charge is 2.85. The van der Waals surface area contributed by atoms with E-state index >= 15 is 0 Å². The number of carbonyl (C=O) groups is 2. The van der Waals surface area contributed by atoms with Crippen molar-refractivity contribution in [2.45, 2.75) is 55.8 Å². The number of carboxylic acid groups (broad SMARTS) is 1. The highest BCUT2D eigenvalue weighted by molar-refractivity contribution is 5.86. The molecule has 0 radical (unpaired) electrons. The Morgan fingerprint density at radius 3 is 2.69 bits per heavy atom. The molecule has 4 N–H and O–H groups in total. The highest BCUT2D eigenvalue weighted by atomic mass is 16.6. The second-order valence-electron chi connectivity index (χ2n) is 9.20. The quantitative estimate of drug-likeness (QED) is 0.408. The van der Waals surface area contributed by atoms with Crippen LogP contribution in [0.25, 0.3) is 0 Å². The molecule has 4 aliphatic carbocycles. The van der Waals surface area contributed by atoms with Gasteiger partial charge in [-0.1, -0.05) is 6.58 Å². The number of aliphatic hydroxyl groups is 3. The van der Waals surface area contributed by atoms with Gasteiger partial charge in [-0.05, 0) is 49.5 Å². The normalized spacial score (nSPS) is 56.9. The number of esters is 1. The molecule has 1 heterocycles. The summed E-state index contributed by atoms with van der Waals surface area (Å²) in [5, 5.41) is 41.9. The smallest absolute Gasteiger partial charge is 0.318 e. The number of hydrogen-bond acceptors (Lipinski definition) is 6. The van der Waals surface area contributed by atoms with Crippen LogP contribution in [0.5, 0.6) is 0 Å². The molecule has 26 heavy (non-hydrogen) atoms. The molecule has 7 heteroatoms. The number of rotatable bonds is 2. The molecule has 1 spiro atoms. The fourth-order valence-corrected chi connectivity index (χ4v) is 7.74. The van der Waals surface area contributed by atoms with Crippen molar-refractivity contribution in [1.82, 2.24) is 0 Å². The molecule has 4 saturated carbocycles. The first-order valence-corrected chi connectivity index (χ1v) is 9.34. The lowest BCUT2D eigenvalue weighted by molar-refractivity contribution is -0.167. The monoisotopic (exact) mass is 364 g/mol. The van der Waals surface area contributed by atoms with E-state index in [1.54, 1.807) is 0 Å². The maximum absolute atomic E-state index is 12.8. The zero-order valence-electron chi connectivity index (χ0n) is 14.5. The predicted octanol–water partition coefficient (Wildman–Crippen LogP) is 0.224. The predicted molar refractivity (Wildman–Crippen MR) is 86.7 cm³/mol. The first kappa shape index (κ1) is 16.7. The maximum Gasteiger partial charge on any atom is 0.318 e. The van der Waals surface area contributed by atoms with Gasteiger partial charge < -0.3 is 25.2 Å². The van der Waals surface area contributed by atoms with Gasteiger partial charge in [-0.25, -0.2) is 0 Å². The Balaban J connectivity index is 1.77. The van der Waals surface area contributed by atoms with Crippen molar-refractivity contribution in [3.8, 4) is 0 Å². The molecular weight excluding hydrogens is 340 g/mol. The number of fused-ring (bicyclic) bond motifs is 1. The molecule has 8 atom stereocenters. The van der Waals surface area contributed by atoms with E-state index in [1.807, 2.05) is 0 Å². The van der Waals surface area contributed by atoms with Gasteiger partial charge >= 0.3 is 11.9 Å². The van der Waals surface area contributed by atoms with E-state index in [0.29, 0.717) is 44.1 Å². The average molecular weight is 364 g/mol. The van der Waals surface area contributed by atoms with Crippen molar-refractivity contribution < 1.29 is 34.8 Å². The Morgan fingerprint density at radius 2 is 2.04 bits per heavy atom. The number of carboxylic acids is 1. The van der Waals surface area contributed by atoms with E-state index in [0.717, 1.165) is 0 Å². The van der Waals surface area contributed by atoms with Gasteiger partial charge in [0.2, 0.25) is 0 Å². The zero-order valence-corrected chi connectivity index (χ0v) is 14.5. The SMILES string of the molecule is C=C1C[C@]23C[C@@]1(O)CC[C@H]2[C@@]12CC[C@H](O)[C@@](CO)(C(=O)O1)[C@H]2[C@@H]3C(=O)O. The third kappa shape index (κ3) is 1.43. The first-order valence-electron chi connectivity index (χ1n) is 9.34. The van der Waals surface area contributed by atoms with Gasteiger partial charge in [0.25, 0.3) is 0 Å². The van der Waals surface area contributed by atoms with Crippen LogP contribution in [0.1, 0.15) is 38.5 Å². The van der Waals surface area contributed by atoms with Crippen molar-refractivity contribution >= 4 is 11.9 Å². The van der Waals surface area contributed by atoms with Crippen molar-refractivity contribution in [3.63, 3.8) is 0 Å². The summed E-state index contributed by atoms with van der Waals surface area (Å²) in [4.78, 5) is 25.2. The van der Waals surface area contributed by atoms with Crippen LogP contribution in [0.2, 0.25) is 0 Å². The molecule has 0 unspecified atom stereocenters. The summed E-state index contributed by atoms with van der Waals surface area (Å²) in [5.41, 5.74) is -3.72. The van der Waals surface area contributed by atoms with Crippen LogP contribution >= 0.6 is 0 Å². The van der Waals surface area contributed by atoms with Crippen LogP contribution in [0.3, 0.4) is 0 Å². The van der Waals surface area contributed by atoms with Gasteiger partial charge in [-0.3, -0.25) is 9.59 Å². The number of carbonyl (C=O) groups excluding carboxylic acids is 1. The fourth-order valence-electron chi connectivity index (χ4n) is 7.74. The lowest BCUT2D eigenvalue weighted by Gasteiger charge is -2.45. The van der Waals surface area contributed by atoms with Gasteiger partial charge in [0.05, 0.1) is 24.2 Å². The van der Waals surface area contributed by atoms with Crippen LogP contribution < -0.4 is 0 Å². The molecule has 5 rings (SSSR count). The molecule has 1 aliphatic heterocycles. The number of ether oxygens (including phenoxy) is 1. The maximum atomic E-state index is 12.8. The zero-order chi connectivity index (χ0) is 18.7. The van der Waals surface area contributed by atoms with Crippen molar-refractivity contribution in [2.24, 2.45) is 28.6 Å². The molecule has 0 aromatic heterocycles. The molecule has 4 bridgehead atoms. The van der Waals surface area contributed by atoms with E-state index in [2.05, 4.69) is 6.58 Å². The largest absolute Gasteiger partial charge is 0.481 e. The van der Waals surface area contributed by atoms with Gasteiger partial charge in [0.15, 0.2) is 0 Å². The van der Waals surface area contributed by atoms with Crippen LogP contribution in [0.4, 0.5) is 0 Å². The van der Waals surface area contributed by atoms with E-state index in [9.17, 15) is 30.0 Å². The summed E-state index contributed by atoms with van der Waals surface area (Å²) in [7, 11) is 0. The summed E-state index contributed by atoms with van der Waals surface area (Å²) in [6.45, 7) is 3.38. The molecule has 5 fully saturated rings. The minimum atomic E-state index is -1.59. The Labute approximate surface area is 150 Å². The van der Waals surface area contributed by atoms with E-state index in [-0.39, 0.29) is 5.92 Å². The summed E-state index contributed by atoms with van der Waals surface area (Å²) < 4.78 is 5.89. The summed E-state index contributed by atoms with van der Waals surface area (Å²) >= 11 is 0. The van der Waals surface area contributed by atoms with E-state index in [1.165, 1.54) is 0 Å². The Morgan fingerprint density at radius 1 is 1.31 bits per heavy atom. The van der Waals surface area contributed by atoms with Crippen LogP contribution in [-0.2, 0) is 14.3 Å². The second-order valence-corrected chi connectivity index (χ2v) is 9.20. The Hall–Kier alpha value is -1.44. The number of hydrogen-bond donors (Lipinski definition) is 4. The van der Waals surface area contributed by atoms with Gasteiger partial charge in [-0.2, -0.15) is 0 Å². The van der Waals surface area contributed by atoms with E-state index < -0.39 is 58.5 Å². The highest BCUT2D eigenvalue weighted by Crippen LogP contribution is 2.78. The third-order valence-corrected chi connectivity index (χ3v) is 8.58. The van der Waals surface area contributed by atoms with Crippen molar-refractivity contribution in [2.75, 3.05) is 6.61 Å². The molecule has 1 saturated heterocycles. The minimum Gasteiger partial charge on any atom is -0.481 e. The fraction of sp³-hybridized carbons (Fsp3) is 0.789. The van der Waals surface area contributed by atoms with Gasteiger partial charge in [0, 0.05) is 11.8 Å². The molecule has 0 aromatic rings. The van der Waals surface area contributed by atoms with Gasteiger partial charge in [0.1, 0.15) is 11.0 Å². The molecule has 0 aromatic carbocycles. The number of aliphatic hydroxyl groups excluding tert-OH is 2. The van der Waals surface area contributed by atoms with Crippen LogP contribution in [0, 0.1) is 28.6 Å². The van der Waals surface area contributed by atoms with Crippen molar-refractivity contribution in [3.05, 3.63) is 12.2 Å². The standard InChI is InChI=1S/C19H24O7/c1-9-6-16-7-17(9,25)4-2-10(16)19-5-3-11(21)18(8-20,15(24)26-19)13(19)12(16)14(22)23/h10-13,20-21,25H,1-8H2,(H,22,23)/t10-,11+,12-,13-,16+,17+,18-,19-/m1/s1. The second kappa shape index (κ2) is 4.51. The Bertz CT molecular complexity index is 748. The molecule has 7 nitrogen and oxygen atoms in total. The molecule has 142 valence electrons. The average Bonchev–Trinajstić information content (AvgIpc) is 3.00. The number of aliphatic carboxylic acids is 1. The van der Waals surface area contributed by atoms with E-state index in [4.69, 9.17) is 4.74 Å². The summed E-state index contributed by atoms with van der Waals surface area (Å²) in [6.07, 6.45) is 1.29. The Kier molecular flexibility index (Phi) is 2.90. The lowest BCUT2D eigenvalue weighted by atomic mass is 9.58. The molecule has 5 aliphatic rings. The minimum absolute atomic E-state index is 0.203. The van der Waals surface area contributed by atoms with Crippen LogP contribution in [0.15, 0.2) is 12.2 Å². The first-order chi connectivity index (χ1) is 12.2. The molecular formula is C19H24O7. The third-order valence-electron chi connectivity index (χ3n) is 8.58. The lowest BCUT2D eigenvalue weighted by Crippen LogP contribution is -2.56. The van der Waals surface area contributed by atoms with Crippen molar-refractivity contribution in [1.29, 1.82) is 0 Å².